The van der Waals surface area contributed by atoms with Crippen molar-refractivity contribution in [3.63, 3.8) is 0 Å². The normalized spacial score (nSPS) is 15.6. The lowest BCUT2D eigenvalue weighted by Gasteiger charge is -2.13. The molecule has 0 saturated carbocycles. The molecule has 0 N–H and O–H groups in total. The third-order valence-corrected chi connectivity index (χ3v) is 5.86. The molecule has 0 unspecified atom stereocenters. The Balaban J connectivity index is 0.000000396. The van der Waals surface area contributed by atoms with E-state index in [0.29, 0.717) is 34.5 Å². The Hall–Kier alpha value is -3.31. The largest absolute Gasteiger partial charge is 0.497 e. The third kappa shape index (κ3) is 5.97. The number of rotatable bonds is 7. The quantitative estimate of drug-likeness (QED) is 0.207. The number of Topliss-reactive ketones (excluding diaryl/α,β-unsaturated/α-hetero) is 1. The van der Waals surface area contributed by atoms with E-state index in [1.807, 2.05) is 43.3 Å². The fraction of sp³-hybridized carbons (Fsp3) is 0.345. The summed E-state index contributed by atoms with van der Waals surface area (Å²) in [6, 6.07) is 11.3. The van der Waals surface area contributed by atoms with Crippen LogP contribution in [0.25, 0.3) is 16.7 Å². The molecular formula is C29H34O5. The van der Waals surface area contributed by atoms with Crippen molar-refractivity contribution in [1.29, 1.82) is 0 Å². The maximum Gasteiger partial charge on any atom is 0.163 e. The van der Waals surface area contributed by atoms with Crippen LogP contribution in [0.1, 0.15) is 60.4 Å². The average molecular weight is 463 g/mol. The van der Waals surface area contributed by atoms with Crippen LogP contribution in [0, 0.1) is 13.8 Å². The number of ether oxygens (including phenoxy) is 3. The molecule has 5 nitrogen and oxygen atoms in total. The number of hydrogen-bond acceptors (Lipinski definition) is 5. The molecule has 5 heteroatoms. The molecule has 2 heterocycles. The highest BCUT2D eigenvalue weighted by Crippen LogP contribution is 2.32. The van der Waals surface area contributed by atoms with E-state index in [-0.39, 0.29) is 5.78 Å². The fourth-order valence-electron chi connectivity index (χ4n) is 4.12. The lowest BCUT2D eigenvalue weighted by molar-refractivity contribution is 0.101. The topological polar surface area (TPSA) is 57.9 Å². The minimum atomic E-state index is -0.0129. The third-order valence-electron chi connectivity index (χ3n) is 5.86. The molecule has 0 amide bonds. The van der Waals surface area contributed by atoms with E-state index in [9.17, 15) is 4.79 Å². The highest BCUT2D eigenvalue weighted by molar-refractivity contribution is 6.07. The van der Waals surface area contributed by atoms with Gasteiger partial charge in [0.05, 0.1) is 18.8 Å². The molecule has 1 atom stereocenters. The van der Waals surface area contributed by atoms with Crippen LogP contribution < -0.4 is 9.47 Å². The number of benzene rings is 2. The first-order chi connectivity index (χ1) is 16.4. The molecule has 1 aliphatic heterocycles. The maximum atomic E-state index is 11.8. The first-order valence-electron chi connectivity index (χ1n) is 11.7. The second-order valence-corrected chi connectivity index (χ2v) is 8.34. The molecule has 1 aliphatic rings. The summed E-state index contributed by atoms with van der Waals surface area (Å²) in [7, 11) is 1.64. The van der Waals surface area contributed by atoms with Gasteiger partial charge >= 0.3 is 0 Å². The van der Waals surface area contributed by atoms with E-state index in [1.165, 1.54) is 19.3 Å². The average Bonchev–Trinajstić information content (AvgIpc) is 3.45. The monoisotopic (exact) mass is 462 g/mol. The smallest absolute Gasteiger partial charge is 0.163 e. The van der Waals surface area contributed by atoms with Gasteiger partial charge in [0, 0.05) is 23.6 Å². The van der Waals surface area contributed by atoms with Crippen LogP contribution in [-0.4, -0.2) is 25.6 Å². The highest BCUT2D eigenvalue weighted by Gasteiger charge is 2.16. The Bertz CT molecular complexity index is 1180. The number of allylic oxidation sites excluding steroid dienone is 2. The van der Waals surface area contributed by atoms with E-state index in [0.717, 1.165) is 28.9 Å². The summed E-state index contributed by atoms with van der Waals surface area (Å²) in [5.74, 6) is 2.68. The van der Waals surface area contributed by atoms with Crippen molar-refractivity contribution >= 4 is 22.5 Å². The molecule has 34 heavy (non-hydrogen) atoms. The summed E-state index contributed by atoms with van der Waals surface area (Å²) >= 11 is 0. The summed E-state index contributed by atoms with van der Waals surface area (Å²) in [6.45, 7) is 12.3. The van der Waals surface area contributed by atoms with Gasteiger partial charge in [0.2, 0.25) is 0 Å². The van der Waals surface area contributed by atoms with Gasteiger partial charge in [-0.15, -0.1) is 0 Å². The Morgan fingerprint density at radius 1 is 1.18 bits per heavy atom. The van der Waals surface area contributed by atoms with Crippen LogP contribution in [0.4, 0.5) is 0 Å². The van der Waals surface area contributed by atoms with E-state index in [1.54, 1.807) is 33.1 Å². The molecular weight excluding hydrogens is 428 g/mol. The Kier molecular flexibility index (Phi) is 8.72. The van der Waals surface area contributed by atoms with Crippen LogP contribution >= 0.6 is 0 Å². The van der Waals surface area contributed by atoms with Gasteiger partial charge in [-0.2, -0.15) is 0 Å². The van der Waals surface area contributed by atoms with E-state index < -0.39 is 0 Å². The number of carbonyl (C=O) groups is 1. The lowest BCUT2D eigenvalue weighted by Crippen LogP contribution is -2.00. The van der Waals surface area contributed by atoms with Crippen LogP contribution in [0.5, 0.6) is 11.5 Å². The number of carbonyl (C=O) groups excluding carboxylic acids is 1. The van der Waals surface area contributed by atoms with Gasteiger partial charge in [0.25, 0.3) is 0 Å². The molecule has 3 aromatic rings. The fourth-order valence-corrected chi connectivity index (χ4v) is 4.12. The van der Waals surface area contributed by atoms with Crippen molar-refractivity contribution in [3.8, 4) is 11.5 Å². The minimum absolute atomic E-state index is 0.0129. The number of aryl methyl sites for hydroxylation is 2. The molecule has 180 valence electrons. The van der Waals surface area contributed by atoms with Gasteiger partial charge in [-0.25, -0.2) is 0 Å². The predicted octanol–water partition coefficient (Wildman–Crippen LogP) is 7.44. The van der Waals surface area contributed by atoms with E-state index >= 15 is 0 Å². The zero-order valence-corrected chi connectivity index (χ0v) is 20.8. The van der Waals surface area contributed by atoms with E-state index in [4.69, 9.17) is 18.6 Å². The summed E-state index contributed by atoms with van der Waals surface area (Å²) in [6.07, 6.45) is 7.85. The number of hydrogen-bond donors (Lipinski definition) is 0. The molecule has 2 aromatic carbocycles. The lowest BCUT2D eigenvalue weighted by atomic mass is 10.1. The predicted molar refractivity (Wildman–Crippen MR) is 137 cm³/mol. The van der Waals surface area contributed by atoms with Crippen LogP contribution in [0.2, 0.25) is 0 Å². The van der Waals surface area contributed by atoms with Crippen molar-refractivity contribution < 1.29 is 23.4 Å². The summed E-state index contributed by atoms with van der Waals surface area (Å²) in [5.41, 5.74) is 3.20. The number of ketones is 1. The van der Waals surface area contributed by atoms with Gasteiger partial charge in [-0.05, 0) is 82.0 Å². The number of methoxy groups -OCH3 is 1. The van der Waals surface area contributed by atoms with Crippen molar-refractivity contribution in [2.45, 2.75) is 53.1 Å². The van der Waals surface area contributed by atoms with Crippen molar-refractivity contribution in [1.82, 2.24) is 0 Å². The second kappa shape index (κ2) is 11.7. The molecule has 0 aliphatic carbocycles. The minimum Gasteiger partial charge on any atom is -0.497 e. The standard InChI is InChI=1S/C23H22O4.C6H12O/c1-6-7-21(19-10-8-17(25-5)12-14(19)2)27-18-9-11-20-22(13-18)26-16(4)23(20)15(3)24;1-2-6-4-3-5-7-6/h6-13H,1H2,2-5H3;6H,2-5H2,1H3/b21-7+;/t;6-/m.1/s1. The van der Waals surface area contributed by atoms with Crippen molar-refractivity contribution in [2.24, 2.45) is 0 Å². The van der Waals surface area contributed by atoms with Crippen LogP contribution in [0.15, 0.2) is 59.5 Å². The van der Waals surface area contributed by atoms with Gasteiger partial charge in [0.1, 0.15) is 28.6 Å². The molecule has 1 aromatic heterocycles. The first kappa shape index (κ1) is 25.3. The van der Waals surface area contributed by atoms with Crippen LogP contribution in [-0.2, 0) is 4.74 Å². The van der Waals surface area contributed by atoms with Gasteiger partial charge in [0.15, 0.2) is 5.78 Å². The van der Waals surface area contributed by atoms with Crippen molar-refractivity contribution in [2.75, 3.05) is 13.7 Å². The highest BCUT2D eigenvalue weighted by atomic mass is 16.5. The van der Waals surface area contributed by atoms with Gasteiger partial charge < -0.3 is 18.6 Å². The molecule has 1 fully saturated rings. The Morgan fingerprint density at radius 2 is 1.94 bits per heavy atom. The van der Waals surface area contributed by atoms with Gasteiger partial charge in [-0.3, -0.25) is 4.79 Å². The molecule has 0 radical (unpaired) electrons. The molecule has 0 spiro atoms. The van der Waals surface area contributed by atoms with Gasteiger partial charge in [-0.1, -0.05) is 19.6 Å². The molecule has 4 rings (SSSR count). The molecule has 0 bridgehead atoms. The Labute approximate surface area is 202 Å². The number of furan rings is 1. The Morgan fingerprint density at radius 3 is 2.50 bits per heavy atom. The second-order valence-electron chi connectivity index (χ2n) is 8.34. The zero-order valence-electron chi connectivity index (χ0n) is 20.8. The molecule has 1 saturated heterocycles. The summed E-state index contributed by atoms with van der Waals surface area (Å²) in [5, 5.41) is 0.794. The maximum absolute atomic E-state index is 11.8. The summed E-state index contributed by atoms with van der Waals surface area (Å²) < 4.78 is 22.4. The number of fused-ring (bicyclic) bond motifs is 1. The van der Waals surface area contributed by atoms with E-state index in [2.05, 4.69) is 13.5 Å². The summed E-state index contributed by atoms with van der Waals surface area (Å²) in [4.78, 5) is 11.8. The first-order valence-corrected chi connectivity index (χ1v) is 11.7. The van der Waals surface area contributed by atoms with Crippen LogP contribution in [0.3, 0.4) is 0 Å². The SMILES string of the molecule is C=C/C=C(/Oc1ccc2c(C(C)=O)c(C)oc2c1)c1ccc(OC)cc1C.CC[C@@H]1CCCO1. The zero-order chi connectivity index (χ0) is 24.7. The van der Waals surface area contributed by atoms with Crippen molar-refractivity contribution in [3.05, 3.63) is 77.6 Å².